The first-order chi connectivity index (χ1) is 14.9. The molecule has 0 bridgehead atoms. The molecule has 0 aliphatic rings. The first-order valence-electron chi connectivity index (χ1n) is 10.3. The van der Waals surface area contributed by atoms with Crippen molar-refractivity contribution < 1.29 is 14.3 Å². The Hall–Kier alpha value is -2.94. The molecule has 9 heteroatoms. The number of carbonyl (C=O) groups is 1. The minimum absolute atomic E-state index is 0.0198. The van der Waals surface area contributed by atoms with Crippen molar-refractivity contribution in [2.24, 2.45) is 10.4 Å². The van der Waals surface area contributed by atoms with Gasteiger partial charge in [0.15, 0.2) is 5.75 Å². The maximum Gasteiger partial charge on any atom is 0.257 e. The molecule has 1 aromatic heterocycles. The molecule has 0 saturated heterocycles. The Kier molecular flexibility index (Phi) is 8.01. The fourth-order valence-electron chi connectivity index (χ4n) is 3.25. The van der Waals surface area contributed by atoms with Crippen LogP contribution >= 0.6 is 12.8 Å². The van der Waals surface area contributed by atoms with E-state index in [1.54, 1.807) is 26.2 Å². The third kappa shape index (κ3) is 5.64. The molecule has 2 rings (SSSR count). The van der Waals surface area contributed by atoms with Crippen LogP contribution in [0.25, 0.3) is 5.41 Å². The van der Waals surface area contributed by atoms with Crippen molar-refractivity contribution in [3.63, 3.8) is 0 Å². The van der Waals surface area contributed by atoms with Crippen LogP contribution in [0.2, 0.25) is 0 Å². The van der Waals surface area contributed by atoms with Crippen LogP contribution in [0.5, 0.6) is 5.75 Å². The van der Waals surface area contributed by atoms with Crippen molar-refractivity contribution in [3.8, 4) is 5.75 Å². The van der Waals surface area contributed by atoms with Gasteiger partial charge in [-0.3, -0.25) is 4.79 Å². The molecule has 1 atom stereocenters. The fourth-order valence-corrected chi connectivity index (χ4v) is 3.40. The molecule has 2 aromatic rings. The predicted molar refractivity (Wildman–Crippen MR) is 132 cm³/mol. The summed E-state index contributed by atoms with van der Waals surface area (Å²) in [5, 5.41) is 24.6. The number of hydrogen-bond acceptors (Lipinski definition) is 5. The lowest BCUT2D eigenvalue weighted by Crippen LogP contribution is -2.42. The highest BCUT2D eigenvalue weighted by atomic mass is 32.1. The zero-order valence-electron chi connectivity index (χ0n) is 19.6. The van der Waals surface area contributed by atoms with E-state index in [1.807, 2.05) is 46.8 Å². The van der Waals surface area contributed by atoms with Gasteiger partial charge in [0.05, 0.1) is 5.56 Å². The molecular weight excluding hydrogens is 426 g/mol. The average molecular weight is 459 g/mol. The first-order valence-corrected chi connectivity index (χ1v) is 10.8. The van der Waals surface area contributed by atoms with Gasteiger partial charge in [-0.1, -0.05) is 46.6 Å². The topological polar surface area (TPSA) is 112 Å². The molecule has 32 heavy (non-hydrogen) atoms. The number of amidine groups is 2. The van der Waals surface area contributed by atoms with E-state index in [1.165, 1.54) is 4.90 Å². The maximum atomic E-state index is 12.6. The zero-order chi connectivity index (χ0) is 24.2. The molecule has 8 nitrogen and oxygen atoms in total. The summed E-state index contributed by atoms with van der Waals surface area (Å²) in [6.45, 7) is 9.78. The molecule has 0 saturated carbocycles. The Morgan fingerprint density at radius 2 is 1.94 bits per heavy atom. The van der Waals surface area contributed by atoms with Crippen molar-refractivity contribution >= 4 is 36.1 Å². The van der Waals surface area contributed by atoms with Crippen molar-refractivity contribution in [1.29, 1.82) is 0 Å². The molecule has 174 valence electrons. The number of aliphatic imine (C=N–C) groups is 1. The van der Waals surface area contributed by atoms with Crippen molar-refractivity contribution in [3.05, 3.63) is 52.3 Å². The second kappa shape index (κ2) is 10.1. The minimum Gasteiger partial charge on any atom is -0.505 e. The van der Waals surface area contributed by atoms with Gasteiger partial charge in [0.25, 0.3) is 5.91 Å². The number of benzene rings is 1. The molecule has 1 amide bonds. The lowest BCUT2D eigenvalue weighted by atomic mass is 9.85. The van der Waals surface area contributed by atoms with Crippen LogP contribution < -0.4 is 10.0 Å². The van der Waals surface area contributed by atoms with E-state index >= 15 is 0 Å². The standard InChI is InChI=1S/C23H32N5O3S/c1-8-14-10-11-15(18(29)17(14)22(30)28(6)7)25-21(27-32)20(24)26-19(23(3,4)5)16-12-9-13(2)31-16/h9-12,19H,8H2,1-7H3,(H4-,24,25,26,27,29,30,32)/q-1/t19-/m0/s1. The lowest BCUT2D eigenvalue weighted by molar-refractivity contribution is 0.0823. The van der Waals surface area contributed by atoms with Crippen LogP contribution in [0.15, 0.2) is 33.7 Å². The van der Waals surface area contributed by atoms with Crippen LogP contribution in [0, 0.1) is 12.3 Å². The number of phenolic OH excluding ortho intramolecular Hbond substituents is 1. The summed E-state index contributed by atoms with van der Waals surface area (Å²) in [5.41, 5.74) is 0.700. The largest absolute Gasteiger partial charge is 0.505 e. The van der Waals surface area contributed by atoms with Crippen LogP contribution in [-0.4, -0.2) is 41.7 Å². The Morgan fingerprint density at radius 3 is 2.41 bits per heavy atom. The van der Waals surface area contributed by atoms with Crippen LogP contribution in [0.1, 0.15) is 61.2 Å². The number of furan rings is 1. The maximum absolute atomic E-state index is 12.6. The Morgan fingerprint density at radius 1 is 1.28 bits per heavy atom. The van der Waals surface area contributed by atoms with Gasteiger partial charge in [-0.05, 0) is 48.4 Å². The highest BCUT2D eigenvalue weighted by Crippen LogP contribution is 2.35. The highest BCUT2D eigenvalue weighted by Gasteiger charge is 2.26. The van der Waals surface area contributed by atoms with E-state index in [0.717, 1.165) is 5.76 Å². The van der Waals surface area contributed by atoms with Gasteiger partial charge >= 0.3 is 0 Å². The normalized spacial score (nSPS) is 12.9. The number of thiol groups is 1. The summed E-state index contributed by atoms with van der Waals surface area (Å²) in [5.74, 6) is 0.530. The van der Waals surface area contributed by atoms with Crippen molar-refractivity contribution in [2.75, 3.05) is 14.1 Å². The quantitative estimate of drug-likeness (QED) is 0.302. The number of hydrogen-bond donors (Lipinski definition) is 4. The molecule has 3 N–H and O–H groups in total. The third-order valence-corrected chi connectivity index (χ3v) is 5.21. The van der Waals surface area contributed by atoms with E-state index in [-0.39, 0.29) is 46.0 Å². The second-order valence-electron chi connectivity index (χ2n) is 8.83. The molecule has 0 radical (unpaired) electrons. The molecule has 0 aliphatic carbocycles. The van der Waals surface area contributed by atoms with Crippen molar-refractivity contribution in [1.82, 2.24) is 14.9 Å². The van der Waals surface area contributed by atoms with Crippen molar-refractivity contribution in [2.45, 2.75) is 47.1 Å². The van der Waals surface area contributed by atoms with Gasteiger partial charge in [-0.25, -0.2) is 4.99 Å². The average Bonchev–Trinajstić information content (AvgIpc) is 3.14. The number of nitrogens with one attached hydrogen (secondary N) is 2. The Bertz CT molecular complexity index is 1020. The molecular formula is C23H32N5O3S-. The van der Waals surface area contributed by atoms with E-state index < -0.39 is 0 Å². The fraction of sp³-hybridized carbons (Fsp3) is 0.435. The molecule has 0 fully saturated rings. The third-order valence-electron chi connectivity index (χ3n) is 5.00. The second-order valence-corrected chi connectivity index (χ2v) is 9.06. The van der Waals surface area contributed by atoms with E-state index in [2.05, 4.69) is 27.8 Å². The SMILES string of the molecule is CCc1ccc(N=C(NS)C(=[N-])N[C@@H](c2ccc(C)o2)C(C)(C)C)c(O)c1C(=O)N(C)C. The summed E-state index contributed by atoms with van der Waals surface area (Å²) in [4.78, 5) is 18.3. The molecule has 1 aromatic carbocycles. The Balaban J connectivity index is 2.45. The predicted octanol–water partition coefficient (Wildman–Crippen LogP) is 4.37. The van der Waals surface area contributed by atoms with Gasteiger partial charge in [-0.15, -0.1) is 0 Å². The number of carbonyl (C=O) groups excluding carboxylic acids is 1. The monoisotopic (exact) mass is 458 g/mol. The summed E-state index contributed by atoms with van der Waals surface area (Å²) in [6, 6.07) is 6.67. The van der Waals surface area contributed by atoms with E-state index in [4.69, 9.17) is 4.42 Å². The number of phenols is 1. The molecule has 0 unspecified atom stereocenters. The van der Waals surface area contributed by atoms with Crippen LogP contribution in [0.4, 0.5) is 5.69 Å². The van der Waals surface area contributed by atoms with Crippen LogP contribution in [-0.2, 0) is 6.42 Å². The Labute approximate surface area is 195 Å². The summed E-state index contributed by atoms with van der Waals surface area (Å²) >= 11 is 4.06. The smallest absolute Gasteiger partial charge is 0.257 e. The molecule has 0 spiro atoms. The number of nitrogens with zero attached hydrogens (tertiary/aromatic N) is 3. The van der Waals surface area contributed by atoms with Gasteiger partial charge in [-0.2, -0.15) is 0 Å². The minimum atomic E-state index is -0.370. The van der Waals surface area contributed by atoms with E-state index in [0.29, 0.717) is 17.7 Å². The van der Waals surface area contributed by atoms with E-state index in [9.17, 15) is 15.3 Å². The first kappa shape index (κ1) is 25.3. The zero-order valence-corrected chi connectivity index (χ0v) is 20.5. The number of aryl methyl sites for hydroxylation is 2. The van der Waals surface area contributed by atoms with Crippen LogP contribution in [0.3, 0.4) is 0 Å². The summed E-state index contributed by atoms with van der Waals surface area (Å²) in [6.07, 6.45) is 0.568. The molecule has 1 heterocycles. The summed E-state index contributed by atoms with van der Waals surface area (Å²) < 4.78 is 8.31. The number of amides is 1. The van der Waals surface area contributed by atoms with Gasteiger partial charge in [0, 0.05) is 20.1 Å². The number of rotatable bonds is 5. The van der Waals surface area contributed by atoms with Gasteiger partial charge < -0.3 is 29.9 Å². The number of aromatic hydroxyl groups is 1. The summed E-state index contributed by atoms with van der Waals surface area (Å²) in [7, 11) is 3.23. The molecule has 0 aliphatic heterocycles. The van der Waals surface area contributed by atoms with Gasteiger partial charge in [0.1, 0.15) is 23.0 Å². The van der Waals surface area contributed by atoms with Gasteiger partial charge in [0.2, 0.25) is 0 Å². The lowest BCUT2D eigenvalue weighted by Gasteiger charge is -2.36. The highest BCUT2D eigenvalue weighted by molar-refractivity contribution is 7.78.